The van der Waals surface area contributed by atoms with Crippen molar-refractivity contribution in [2.45, 2.75) is 43.2 Å². The van der Waals surface area contributed by atoms with Gasteiger partial charge in [0.15, 0.2) is 0 Å². The van der Waals surface area contributed by atoms with Gasteiger partial charge in [-0.05, 0) is 66.8 Å². The van der Waals surface area contributed by atoms with Crippen LogP contribution in [0, 0.1) is 0 Å². The number of halogens is 1. The minimum atomic E-state index is 0.666. The van der Waals surface area contributed by atoms with E-state index in [1.54, 1.807) is 0 Å². The number of hydrogen-bond donors (Lipinski definition) is 1. The van der Waals surface area contributed by atoms with E-state index in [0.717, 1.165) is 17.3 Å². The molecule has 1 aliphatic rings. The van der Waals surface area contributed by atoms with E-state index < -0.39 is 0 Å². The smallest absolute Gasteiger partial charge is 0.0406 e. The minimum absolute atomic E-state index is 0.666. The molecule has 1 N–H and O–H groups in total. The summed E-state index contributed by atoms with van der Waals surface area (Å²) in [6.45, 7) is 0.959. The van der Waals surface area contributed by atoms with Crippen molar-refractivity contribution in [2.75, 3.05) is 12.4 Å². The van der Waals surface area contributed by atoms with Gasteiger partial charge in [0.25, 0.3) is 0 Å². The van der Waals surface area contributed by atoms with Gasteiger partial charge in [0.2, 0.25) is 0 Å². The molecule has 0 unspecified atom stereocenters. The summed E-state index contributed by atoms with van der Waals surface area (Å²) in [5.41, 5.74) is 2.47. The maximum Gasteiger partial charge on any atom is 0.0406 e. The SMILES string of the molecule is CNc1ccc(SN(Cc2ccc(Cl)cc2)C2CCCC2)cc1. The van der Waals surface area contributed by atoms with Gasteiger partial charge in [-0.2, -0.15) is 0 Å². The van der Waals surface area contributed by atoms with Crippen LogP contribution in [0.15, 0.2) is 53.4 Å². The molecule has 122 valence electrons. The third-order valence-electron chi connectivity index (χ3n) is 4.35. The molecule has 23 heavy (non-hydrogen) atoms. The summed E-state index contributed by atoms with van der Waals surface area (Å²) in [7, 11) is 1.95. The molecular formula is C19H23ClN2S. The summed E-state index contributed by atoms with van der Waals surface area (Å²) in [5.74, 6) is 0. The van der Waals surface area contributed by atoms with Crippen molar-refractivity contribution in [3.63, 3.8) is 0 Å². The second-order valence-corrected chi connectivity index (χ2v) is 7.57. The van der Waals surface area contributed by atoms with Crippen LogP contribution in [0.5, 0.6) is 0 Å². The van der Waals surface area contributed by atoms with Gasteiger partial charge in [-0.1, -0.05) is 36.6 Å². The normalized spacial score (nSPS) is 15.3. The molecular weight excluding hydrogens is 324 g/mol. The molecule has 0 aromatic heterocycles. The van der Waals surface area contributed by atoms with Gasteiger partial charge >= 0.3 is 0 Å². The van der Waals surface area contributed by atoms with Gasteiger partial charge in [-0.3, -0.25) is 0 Å². The molecule has 2 aromatic carbocycles. The first kappa shape index (κ1) is 16.7. The van der Waals surface area contributed by atoms with Gasteiger partial charge in [0, 0.05) is 35.2 Å². The zero-order valence-electron chi connectivity index (χ0n) is 13.5. The van der Waals surface area contributed by atoms with Crippen LogP contribution in [0.25, 0.3) is 0 Å². The highest BCUT2D eigenvalue weighted by Gasteiger charge is 2.23. The fraction of sp³-hybridized carbons (Fsp3) is 0.368. The van der Waals surface area contributed by atoms with Crippen molar-refractivity contribution in [2.24, 2.45) is 0 Å². The first-order valence-corrected chi connectivity index (χ1v) is 9.36. The van der Waals surface area contributed by atoms with E-state index in [2.05, 4.69) is 46.0 Å². The number of nitrogens with zero attached hydrogens (tertiary/aromatic N) is 1. The van der Waals surface area contributed by atoms with E-state index in [-0.39, 0.29) is 0 Å². The van der Waals surface area contributed by atoms with Crippen LogP contribution in [-0.2, 0) is 6.54 Å². The van der Waals surface area contributed by atoms with Crippen molar-refractivity contribution >= 4 is 29.2 Å². The van der Waals surface area contributed by atoms with Crippen LogP contribution in [-0.4, -0.2) is 17.4 Å². The first-order chi connectivity index (χ1) is 11.2. The number of rotatable bonds is 6. The van der Waals surface area contributed by atoms with Crippen LogP contribution >= 0.6 is 23.5 Å². The summed E-state index contributed by atoms with van der Waals surface area (Å²) in [5, 5.41) is 3.97. The molecule has 0 spiro atoms. The lowest BCUT2D eigenvalue weighted by Crippen LogP contribution is -2.26. The average Bonchev–Trinajstić information content (AvgIpc) is 3.11. The van der Waals surface area contributed by atoms with Crippen molar-refractivity contribution in [1.82, 2.24) is 4.31 Å². The quantitative estimate of drug-likeness (QED) is 0.662. The third-order valence-corrected chi connectivity index (χ3v) is 5.75. The molecule has 2 aromatic rings. The summed E-state index contributed by atoms with van der Waals surface area (Å²) < 4.78 is 2.55. The topological polar surface area (TPSA) is 15.3 Å². The minimum Gasteiger partial charge on any atom is -0.388 e. The molecule has 0 heterocycles. The molecule has 1 fully saturated rings. The molecule has 0 atom stereocenters. The third kappa shape index (κ3) is 4.66. The van der Waals surface area contributed by atoms with E-state index in [9.17, 15) is 0 Å². The predicted molar refractivity (Wildman–Crippen MR) is 101 cm³/mol. The maximum absolute atomic E-state index is 6.01. The standard InChI is InChI=1S/C19H23ClN2S/c1-21-17-10-12-19(13-11-17)23-22(18-4-2-3-5-18)14-15-6-8-16(20)9-7-15/h6-13,18,21H,2-5,14H2,1H3. The zero-order chi connectivity index (χ0) is 16.1. The van der Waals surface area contributed by atoms with Gasteiger partial charge < -0.3 is 5.32 Å². The van der Waals surface area contributed by atoms with Crippen molar-refractivity contribution < 1.29 is 0 Å². The molecule has 1 aliphatic carbocycles. The van der Waals surface area contributed by atoms with E-state index >= 15 is 0 Å². The Hall–Kier alpha value is -1.16. The first-order valence-electron chi connectivity index (χ1n) is 8.21. The monoisotopic (exact) mass is 346 g/mol. The van der Waals surface area contributed by atoms with Crippen LogP contribution in [0.4, 0.5) is 5.69 Å². The van der Waals surface area contributed by atoms with Crippen molar-refractivity contribution in [3.05, 3.63) is 59.1 Å². The number of benzene rings is 2. The largest absolute Gasteiger partial charge is 0.388 e. The fourth-order valence-electron chi connectivity index (χ4n) is 3.02. The maximum atomic E-state index is 6.01. The molecule has 0 amide bonds. The summed E-state index contributed by atoms with van der Waals surface area (Å²) in [6.07, 6.45) is 5.30. The summed E-state index contributed by atoms with van der Waals surface area (Å²) in [6, 6.07) is 17.6. The van der Waals surface area contributed by atoms with Gasteiger partial charge in [0.05, 0.1) is 0 Å². The molecule has 1 saturated carbocycles. The average molecular weight is 347 g/mol. The van der Waals surface area contributed by atoms with Gasteiger partial charge in [-0.25, -0.2) is 4.31 Å². The summed E-state index contributed by atoms with van der Waals surface area (Å²) in [4.78, 5) is 1.30. The van der Waals surface area contributed by atoms with Crippen LogP contribution in [0.3, 0.4) is 0 Å². The highest BCUT2D eigenvalue weighted by atomic mass is 35.5. The molecule has 2 nitrogen and oxygen atoms in total. The Labute approximate surface area is 148 Å². The molecule has 3 rings (SSSR count). The second kappa shape index (κ2) is 8.09. The number of anilines is 1. The van der Waals surface area contributed by atoms with Gasteiger partial charge in [0.1, 0.15) is 0 Å². The van der Waals surface area contributed by atoms with Crippen molar-refractivity contribution in [3.8, 4) is 0 Å². The Balaban J connectivity index is 1.73. The number of nitrogens with one attached hydrogen (secondary N) is 1. The lowest BCUT2D eigenvalue weighted by Gasteiger charge is -2.27. The Morgan fingerprint density at radius 3 is 2.30 bits per heavy atom. The second-order valence-electron chi connectivity index (χ2n) is 6.01. The molecule has 0 saturated heterocycles. The van der Waals surface area contributed by atoms with Crippen molar-refractivity contribution in [1.29, 1.82) is 0 Å². The fourth-order valence-corrected chi connectivity index (χ4v) is 4.24. The van der Waals surface area contributed by atoms with Crippen LogP contribution in [0.1, 0.15) is 31.2 Å². The Bertz CT molecular complexity index is 606. The van der Waals surface area contributed by atoms with E-state index in [1.807, 2.05) is 31.1 Å². The van der Waals surface area contributed by atoms with E-state index in [1.165, 1.54) is 36.1 Å². The Morgan fingerprint density at radius 2 is 1.70 bits per heavy atom. The molecule has 0 bridgehead atoms. The Kier molecular flexibility index (Phi) is 5.87. The van der Waals surface area contributed by atoms with E-state index in [4.69, 9.17) is 11.6 Å². The molecule has 0 aliphatic heterocycles. The Morgan fingerprint density at radius 1 is 1.04 bits per heavy atom. The highest BCUT2D eigenvalue weighted by Crippen LogP contribution is 2.34. The van der Waals surface area contributed by atoms with Crippen LogP contribution in [0.2, 0.25) is 5.02 Å². The lowest BCUT2D eigenvalue weighted by atomic mass is 10.2. The van der Waals surface area contributed by atoms with Gasteiger partial charge in [-0.15, -0.1) is 0 Å². The molecule has 0 radical (unpaired) electrons. The molecule has 4 heteroatoms. The van der Waals surface area contributed by atoms with E-state index in [0.29, 0.717) is 6.04 Å². The summed E-state index contributed by atoms with van der Waals surface area (Å²) >= 11 is 7.89. The highest BCUT2D eigenvalue weighted by molar-refractivity contribution is 7.97. The van der Waals surface area contributed by atoms with Crippen LogP contribution < -0.4 is 5.32 Å². The zero-order valence-corrected chi connectivity index (χ0v) is 15.0. The predicted octanol–water partition coefficient (Wildman–Crippen LogP) is 5.83. The lowest BCUT2D eigenvalue weighted by molar-refractivity contribution is 0.350. The number of hydrogen-bond acceptors (Lipinski definition) is 3.